The predicted molar refractivity (Wildman–Crippen MR) is 119 cm³/mol. The van der Waals surface area contributed by atoms with Crippen LogP contribution in [0.15, 0.2) is 102 Å². The van der Waals surface area contributed by atoms with E-state index in [2.05, 4.69) is 119 Å². The quantitative estimate of drug-likeness (QED) is 0.359. The summed E-state index contributed by atoms with van der Waals surface area (Å²) < 4.78 is 1.05. The van der Waals surface area contributed by atoms with Crippen molar-refractivity contribution in [1.29, 1.82) is 0 Å². The van der Waals surface area contributed by atoms with Crippen LogP contribution in [-0.2, 0) is 0 Å². The highest BCUT2D eigenvalue weighted by Gasteiger charge is 2.11. The van der Waals surface area contributed by atoms with E-state index in [0.717, 1.165) is 15.8 Å². The molecule has 1 nitrogen and oxygen atoms in total. The summed E-state index contributed by atoms with van der Waals surface area (Å²) in [6, 6.07) is 33.8. The van der Waals surface area contributed by atoms with Gasteiger partial charge in [0.25, 0.3) is 0 Å². The summed E-state index contributed by atoms with van der Waals surface area (Å²) >= 11 is 3.62. The number of benzene rings is 4. The van der Waals surface area contributed by atoms with Gasteiger partial charge >= 0.3 is 0 Å². The molecule has 0 spiro atoms. The topological polar surface area (TPSA) is 12.0 Å². The first kappa shape index (κ1) is 17.6. The third-order valence-corrected chi connectivity index (χ3v) is 5.16. The van der Waals surface area contributed by atoms with Crippen LogP contribution in [0.2, 0.25) is 0 Å². The lowest BCUT2D eigenvalue weighted by Gasteiger charge is -2.18. The SMILES string of the molecule is Cc1cccc(Nc2cc(Br)ccc2-c2ccccc2)c1-c1ccccc1. The molecule has 132 valence electrons. The molecule has 0 radical (unpaired) electrons. The summed E-state index contributed by atoms with van der Waals surface area (Å²) in [6.45, 7) is 2.16. The van der Waals surface area contributed by atoms with Crippen molar-refractivity contribution in [2.45, 2.75) is 6.92 Å². The number of rotatable bonds is 4. The smallest absolute Gasteiger partial charge is 0.0475 e. The number of hydrogen-bond donors (Lipinski definition) is 1. The van der Waals surface area contributed by atoms with Gasteiger partial charge in [-0.1, -0.05) is 94.8 Å². The molecule has 0 aromatic heterocycles. The first-order chi connectivity index (χ1) is 13.2. The molecule has 0 saturated heterocycles. The predicted octanol–water partition coefficient (Wildman–Crippen LogP) is 7.84. The summed E-state index contributed by atoms with van der Waals surface area (Å²) in [4.78, 5) is 0. The van der Waals surface area contributed by atoms with Gasteiger partial charge in [-0.2, -0.15) is 0 Å². The van der Waals surface area contributed by atoms with Crippen LogP contribution in [0.3, 0.4) is 0 Å². The van der Waals surface area contributed by atoms with Gasteiger partial charge in [-0.15, -0.1) is 0 Å². The van der Waals surface area contributed by atoms with Crippen LogP contribution in [0, 0.1) is 6.92 Å². The van der Waals surface area contributed by atoms with E-state index in [-0.39, 0.29) is 0 Å². The molecule has 0 bridgehead atoms. The third kappa shape index (κ3) is 3.81. The minimum Gasteiger partial charge on any atom is -0.354 e. The average molecular weight is 414 g/mol. The van der Waals surface area contributed by atoms with E-state index < -0.39 is 0 Å². The molecular weight excluding hydrogens is 394 g/mol. The van der Waals surface area contributed by atoms with Gasteiger partial charge in [0.05, 0.1) is 0 Å². The van der Waals surface area contributed by atoms with Gasteiger partial charge in [0, 0.05) is 27.0 Å². The molecule has 27 heavy (non-hydrogen) atoms. The van der Waals surface area contributed by atoms with Gasteiger partial charge in [-0.3, -0.25) is 0 Å². The Hall–Kier alpha value is -2.84. The minimum absolute atomic E-state index is 1.05. The Balaban J connectivity index is 1.83. The largest absolute Gasteiger partial charge is 0.354 e. The Labute approximate surface area is 168 Å². The summed E-state index contributed by atoms with van der Waals surface area (Å²) in [5, 5.41) is 3.69. The van der Waals surface area contributed by atoms with Crippen LogP contribution in [-0.4, -0.2) is 0 Å². The number of anilines is 2. The van der Waals surface area contributed by atoms with Crippen molar-refractivity contribution in [2.75, 3.05) is 5.32 Å². The normalized spacial score (nSPS) is 10.6. The summed E-state index contributed by atoms with van der Waals surface area (Å²) in [5.41, 5.74) is 8.27. The van der Waals surface area contributed by atoms with E-state index in [1.54, 1.807) is 0 Å². The monoisotopic (exact) mass is 413 g/mol. The fraction of sp³-hybridized carbons (Fsp3) is 0.0400. The summed E-state index contributed by atoms with van der Waals surface area (Å²) in [5.74, 6) is 0. The van der Waals surface area contributed by atoms with E-state index in [9.17, 15) is 0 Å². The van der Waals surface area contributed by atoms with Crippen LogP contribution in [0.5, 0.6) is 0 Å². The molecule has 0 atom stereocenters. The van der Waals surface area contributed by atoms with Gasteiger partial charge < -0.3 is 5.32 Å². The standard InChI is InChI=1S/C25H20BrN/c1-18-9-8-14-23(25(18)20-12-6-3-7-13-20)27-24-17-21(26)15-16-22(24)19-10-4-2-5-11-19/h2-17,27H,1H3. The van der Waals surface area contributed by atoms with E-state index >= 15 is 0 Å². The van der Waals surface area contributed by atoms with Crippen molar-refractivity contribution in [1.82, 2.24) is 0 Å². The molecule has 0 fully saturated rings. The van der Waals surface area contributed by atoms with Crippen LogP contribution in [0.4, 0.5) is 11.4 Å². The molecule has 0 aliphatic rings. The second kappa shape index (κ2) is 7.81. The second-order valence-corrected chi connectivity index (χ2v) is 7.46. The third-order valence-electron chi connectivity index (χ3n) is 4.67. The van der Waals surface area contributed by atoms with Crippen LogP contribution >= 0.6 is 15.9 Å². The Morgan fingerprint density at radius 1 is 0.630 bits per heavy atom. The van der Waals surface area contributed by atoms with Crippen molar-refractivity contribution in [3.8, 4) is 22.3 Å². The molecule has 0 heterocycles. The van der Waals surface area contributed by atoms with E-state index in [0.29, 0.717) is 0 Å². The lowest BCUT2D eigenvalue weighted by Crippen LogP contribution is -1.97. The van der Waals surface area contributed by atoms with Gasteiger partial charge in [0.1, 0.15) is 0 Å². The second-order valence-electron chi connectivity index (χ2n) is 6.54. The number of hydrogen-bond acceptors (Lipinski definition) is 1. The molecule has 0 aliphatic carbocycles. The highest BCUT2D eigenvalue weighted by molar-refractivity contribution is 9.10. The molecule has 2 heteroatoms. The van der Waals surface area contributed by atoms with Gasteiger partial charge in [-0.05, 0) is 41.8 Å². The summed E-state index contributed by atoms with van der Waals surface area (Å²) in [6.07, 6.45) is 0. The number of halogens is 1. The molecule has 4 aromatic rings. The maximum Gasteiger partial charge on any atom is 0.0475 e. The van der Waals surface area contributed by atoms with Crippen LogP contribution in [0.25, 0.3) is 22.3 Å². The van der Waals surface area contributed by atoms with Crippen molar-refractivity contribution >= 4 is 27.3 Å². The number of nitrogens with one attached hydrogen (secondary N) is 1. The van der Waals surface area contributed by atoms with Crippen molar-refractivity contribution in [2.24, 2.45) is 0 Å². The zero-order chi connectivity index (χ0) is 18.6. The molecule has 1 N–H and O–H groups in total. The maximum atomic E-state index is 3.69. The van der Waals surface area contributed by atoms with Crippen molar-refractivity contribution < 1.29 is 0 Å². The molecule has 4 aromatic carbocycles. The Morgan fingerprint density at radius 3 is 2.00 bits per heavy atom. The van der Waals surface area contributed by atoms with E-state index in [4.69, 9.17) is 0 Å². The molecule has 0 aliphatic heterocycles. The van der Waals surface area contributed by atoms with Crippen LogP contribution < -0.4 is 5.32 Å². The summed E-state index contributed by atoms with van der Waals surface area (Å²) in [7, 11) is 0. The van der Waals surface area contributed by atoms with Gasteiger partial charge in [0.2, 0.25) is 0 Å². The molecule has 0 saturated carbocycles. The fourth-order valence-electron chi connectivity index (χ4n) is 3.39. The Bertz CT molecular complexity index is 1060. The zero-order valence-electron chi connectivity index (χ0n) is 15.1. The maximum absolute atomic E-state index is 3.69. The van der Waals surface area contributed by atoms with Gasteiger partial charge in [0.15, 0.2) is 0 Å². The van der Waals surface area contributed by atoms with E-state index in [1.165, 1.54) is 27.8 Å². The van der Waals surface area contributed by atoms with E-state index in [1.807, 2.05) is 6.07 Å². The van der Waals surface area contributed by atoms with Crippen molar-refractivity contribution in [3.05, 3.63) is 107 Å². The Kier molecular flexibility index (Phi) is 5.08. The zero-order valence-corrected chi connectivity index (χ0v) is 16.7. The molecule has 0 unspecified atom stereocenters. The minimum atomic E-state index is 1.05. The molecule has 4 rings (SSSR count). The van der Waals surface area contributed by atoms with Gasteiger partial charge in [-0.25, -0.2) is 0 Å². The highest BCUT2D eigenvalue weighted by atomic mass is 79.9. The van der Waals surface area contributed by atoms with Crippen molar-refractivity contribution in [3.63, 3.8) is 0 Å². The Morgan fingerprint density at radius 2 is 1.30 bits per heavy atom. The average Bonchev–Trinajstić information content (AvgIpc) is 2.70. The lowest BCUT2D eigenvalue weighted by molar-refractivity contribution is 1.43. The molecule has 0 amide bonds. The fourth-order valence-corrected chi connectivity index (χ4v) is 3.76. The first-order valence-corrected chi connectivity index (χ1v) is 9.79. The highest BCUT2D eigenvalue weighted by Crippen LogP contribution is 2.37. The van der Waals surface area contributed by atoms with Crippen LogP contribution in [0.1, 0.15) is 5.56 Å². The lowest BCUT2D eigenvalue weighted by atomic mass is 9.97. The first-order valence-electron chi connectivity index (χ1n) is 8.99. The molecular formula is C25H20BrN. The number of aryl methyl sites for hydroxylation is 1.